The van der Waals surface area contributed by atoms with Crippen LogP contribution in [0.25, 0.3) is 0 Å². The van der Waals surface area contributed by atoms with Crippen LogP contribution in [0.2, 0.25) is 0 Å². The van der Waals surface area contributed by atoms with E-state index in [1.807, 2.05) is 11.8 Å². The van der Waals surface area contributed by atoms with Crippen LogP contribution < -0.4 is 10.6 Å². The molecule has 0 radical (unpaired) electrons. The number of carbonyl (C=O) groups excluding carboxylic acids is 1. The highest BCUT2D eigenvalue weighted by Crippen LogP contribution is 2.30. The monoisotopic (exact) mass is 350 g/mol. The van der Waals surface area contributed by atoms with Gasteiger partial charge in [-0.1, -0.05) is 12.8 Å². The average Bonchev–Trinajstić information content (AvgIpc) is 3.01. The summed E-state index contributed by atoms with van der Waals surface area (Å²) < 4.78 is 5.89. The molecule has 0 bridgehead atoms. The van der Waals surface area contributed by atoms with Crippen molar-refractivity contribution in [1.82, 2.24) is 10.6 Å². The van der Waals surface area contributed by atoms with Crippen molar-refractivity contribution in [2.45, 2.75) is 57.6 Å². The minimum Gasteiger partial charge on any atom is -0.378 e. The van der Waals surface area contributed by atoms with Crippen LogP contribution in [0.5, 0.6) is 0 Å². The molecule has 2 fully saturated rings. The molecule has 1 saturated carbocycles. The standard InChI is InChI=1S/C16H30N2O2S.ClH/c1-2-20-15(13-5-3-4-6-13)7-8-18-16(19)11-14-12-21-10-9-17-14;/h13-15,17H,2-12H2,1H3,(H,18,19);1H. The third-order valence-electron chi connectivity index (χ3n) is 4.49. The highest BCUT2D eigenvalue weighted by molar-refractivity contribution is 7.99. The van der Waals surface area contributed by atoms with Crippen molar-refractivity contribution < 1.29 is 9.53 Å². The largest absolute Gasteiger partial charge is 0.378 e. The topological polar surface area (TPSA) is 50.4 Å². The van der Waals surface area contributed by atoms with Gasteiger partial charge in [-0.05, 0) is 32.1 Å². The number of rotatable bonds is 8. The Balaban J connectivity index is 0.00000242. The van der Waals surface area contributed by atoms with E-state index in [0.29, 0.717) is 24.5 Å². The van der Waals surface area contributed by atoms with E-state index < -0.39 is 0 Å². The summed E-state index contributed by atoms with van der Waals surface area (Å²) in [4.78, 5) is 12.0. The molecule has 1 amide bonds. The van der Waals surface area contributed by atoms with Crippen LogP contribution in [0.4, 0.5) is 0 Å². The van der Waals surface area contributed by atoms with E-state index in [-0.39, 0.29) is 18.3 Å². The molecular formula is C16H31ClN2O2S. The van der Waals surface area contributed by atoms with Crippen molar-refractivity contribution in [2.24, 2.45) is 5.92 Å². The summed E-state index contributed by atoms with van der Waals surface area (Å²) in [6.45, 7) is 4.61. The molecule has 2 N–H and O–H groups in total. The number of amides is 1. The Morgan fingerprint density at radius 1 is 1.41 bits per heavy atom. The molecule has 22 heavy (non-hydrogen) atoms. The van der Waals surface area contributed by atoms with E-state index in [2.05, 4.69) is 17.6 Å². The van der Waals surface area contributed by atoms with Gasteiger partial charge in [-0.15, -0.1) is 12.4 Å². The zero-order valence-electron chi connectivity index (χ0n) is 13.6. The van der Waals surface area contributed by atoms with Crippen LogP contribution >= 0.6 is 24.2 Å². The number of carbonyl (C=O) groups is 1. The fraction of sp³-hybridized carbons (Fsp3) is 0.938. The van der Waals surface area contributed by atoms with E-state index in [1.54, 1.807) is 0 Å². The van der Waals surface area contributed by atoms with Crippen LogP contribution in [0.1, 0.15) is 45.4 Å². The van der Waals surface area contributed by atoms with E-state index in [1.165, 1.54) is 25.7 Å². The van der Waals surface area contributed by atoms with Crippen LogP contribution in [0.15, 0.2) is 0 Å². The Kier molecular flexibility index (Phi) is 10.5. The maximum absolute atomic E-state index is 12.0. The van der Waals surface area contributed by atoms with Crippen LogP contribution in [0, 0.1) is 5.92 Å². The Labute approximate surface area is 145 Å². The van der Waals surface area contributed by atoms with E-state index in [0.717, 1.165) is 37.6 Å². The lowest BCUT2D eigenvalue weighted by Gasteiger charge is -2.24. The quantitative estimate of drug-likeness (QED) is 0.706. The van der Waals surface area contributed by atoms with Gasteiger partial charge in [0.2, 0.25) is 5.91 Å². The summed E-state index contributed by atoms with van der Waals surface area (Å²) in [5.74, 6) is 3.10. The van der Waals surface area contributed by atoms with E-state index >= 15 is 0 Å². The second-order valence-electron chi connectivity index (χ2n) is 6.11. The molecule has 0 aromatic rings. The van der Waals surface area contributed by atoms with Crippen molar-refractivity contribution in [3.05, 3.63) is 0 Å². The van der Waals surface area contributed by atoms with Gasteiger partial charge in [-0.2, -0.15) is 11.8 Å². The first-order chi connectivity index (χ1) is 10.3. The summed E-state index contributed by atoms with van der Waals surface area (Å²) >= 11 is 1.93. The molecule has 0 aromatic carbocycles. The lowest BCUT2D eigenvalue weighted by molar-refractivity contribution is -0.121. The molecular weight excluding hydrogens is 320 g/mol. The SMILES string of the molecule is CCOC(CCNC(=O)CC1CSCCN1)C1CCCC1.Cl. The van der Waals surface area contributed by atoms with Gasteiger partial charge in [-0.25, -0.2) is 0 Å². The van der Waals surface area contributed by atoms with Crippen LogP contribution in [-0.2, 0) is 9.53 Å². The summed E-state index contributed by atoms with van der Waals surface area (Å²) in [5, 5.41) is 6.48. The molecule has 0 aromatic heterocycles. The summed E-state index contributed by atoms with van der Waals surface area (Å²) in [6.07, 6.45) is 7.16. The van der Waals surface area contributed by atoms with Crippen molar-refractivity contribution >= 4 is 30.1 Å². The molecule has 6 heteroatoms. The molecule has 2 atom stereocenters. The minimum absolute atomic E-state index is 0. The van der Waals surface area contributed by atoms with Gasteiger partial charge >= 0.3 is 0 Å². The minimum atomic E-state index is 0. The Hall–Kier alpha value is 0.0300. The molecule has 1 saturated heterocycles. The summed E-state index contributed by atoms with van der Waals surface area (Å²) in [6, 6.07) is 0.348. The van der Waals surface area contributed by atoms with E-state index in [9.17, 15) is 4.79 Å². The van der Waals surface area contributed by atoms with Gasteiger partial charge < -0.3 is 15.4 Å². The maximum atomic E-state index is 12.0. The van der Waals surface area contributed by atoms with Crippen molar-refractivity contribution in [3.8, 4) is 0 Å². The lowest BCUT2D eigenvalue weighted by Crippen LogP contribution is -2.41. The number of halogens is 1. The molecule has 130 valence electrons. The first-order valence-corrected chi connectivity index (χ1v) is 9.64. The highest BCUT2D eigenvalue weighted by Gasteiger charge is 2.25. The molecule has 1 aliphatic carbocycles. The maximum Gasteiger partial charge on any atom is 0.221 e. The fourth-order valence-electron chi connectivity index (χ4n) is 3.40. The highest BCUT2D eigenvalue weighted by atomic mass is 35.5. The predicted octanol–water partition coefficient (Wildman–Crippen LogP) is 2.60. The Morgan fingerprint density at radius 3 is 2.82 bits per heavy atom. The molecule has 2 rings (SSSR count). The van der Waals surface area contributed by atoms with Gasteiger partial charge in [0, 0.05) is 43.7 Å². The zero-order valence-corrected chi connectivity index (χ0v) is 15.3. The summed E-state index contributed by atoms with van der Waals surface area (Å²) in [5.41, 5.74) is 0. The zero-order chi connectivity index (χ0) is 14.9. The first-order valence-electron chi connectivity index (χ1n) is 8.49. The third kappa shape index (κ3) is 7.07. The Morgan fingerprint density at radius 2 is 2.18 bits per heavy atom. The van der Waals surface area contributed by atoms with Crippen molar-refractivity contribution in [3.63, 3.8) is 0 Å². The fourth-order valence-corrected chi connectivity index (χ4v) is 4.35. The normalized spacial score (nSPS) is 23.8. The predicted molar refractivity (Wildman–Crippen MR) is 96.0 cm³/mol. The molecule has 1 aliphatic heterocycles. The third-order valence-corrected chi connectivity index (χ3v) is 5.62. The smallest absolute Gasteiger partial charge is 0.221 e. The van der Waals surface area contributed by atoms with Gasteiger partial charge in [0.25, 0.3) is 0 Å². The van der Waals surface area contributed by atoms with Crippen molar-refractivity contribution in [1.29, 1.82) is 0 Å². The number of hydrogen-bond donors (Lipinski definition) is 2. The number of nitrogens with one attached hydrogen (secondary N) is 2. The van der Waals surface area contributed by atoms with Gasteiger partial charge in [0.1, 0.15) is 0 Å². The van der Waals surface area contributed by atoms with E-state index in [4.69, 9.17) is 4.74 Å². The van der Waals surface area contributed by atoms with Gasteiger partial charge in [-0.3, -0.25) is 4.79 Å². The lowest BCUT2D eigenvalue weighted by atomic mass is 9.98. The van der Waals surface area contributed by atoms with Crippen LogP contribution in [0.3, 0.4) is 0 Å². The van der Waals surface area contributed by atoms with Crippen molar-refractivity contribution in [2.75, 3.05) is 31.2 Å². The number of hydrogen-bond acceptors (Lipinski definition) is 4. The van der Waals surface area contributed by atoms with Crippen LogP contribution in [-0.4, -0.2) is 49.3 Å². The molecule has 2 aliphatic rings. The average molecular weight is 351 g/mol. The second-order valence-corrected chi connectivity index (χ2v) is 7.26. The van der Waals surface area contributed by atoms with Gasteiger partial charge in [0.15, 0.2) is 0 Å². The molecule has 4 nitrogen and oxygen atoms in total. The number of thioether (sulfide) groups is 1. The molecule has 2 unspecified atom stereocenters. The first kappa shape index (κ1) is 20.1. The number of ether oxygens (including phenoxy) is 1. The summed E-state index contributed by atoms with van der Waals surface area (Å²) in [7, 11) is 0. The Bertz CT molecular complexity index is 309. The van der Waals surface area contributed by atoms with Gasteiger partial charge in [0.05, 0.1) is 6.10 Å². The molecule has 0 spiro atoms. The second kappa shape index (κ2) is 11.5. The molecule has 1 heterocycles.